The zero-order valence-corrected chi connectivity index (χ0v) is 12.0. The van der Waals surface area contributed by atoms with E-state index in [1.807, 2.05) is 0 Å². The van der Waals surface area contributed by atoms with Crippen LogP contribution in [0.4, 0.5) is 8.78 Å². The molecule has 2 rings (SSSR count). The van der Waals surface area contributed by atoms with Gasteiger partial charge in [0.1, 0.15) is 11.3 Å². The van der Waals surface area contributed by atoms with Gasteiger partial charge in [-0.15, -0.1) is 0 Å². The van der Waals surface area contributed by atoms with Crippen LogP contribution in [0.1, 0.15) is 29.8 Å². The molecule has 0 bridgehead atoms. The fraction of sp³-hybridized carbons (Fsp3) is 0.385. The van der Waals surface area contributed by atoms with Gasteiger partial charge < -0.3 is 19.7 Å². The third kappa shape index (κ3) is 3.04. The molecule has 1 aliphatic heterocycles. The van der Waals surface area contributed by atoms with Crippen molar-refractivity contribution in [3.63, 3.8) is 0 Å². The molecule has 1 atom stereocenters. The number of hydrogen-bond acceptors (Lipinski definition) is 5. The van der Waals surface area contributed by atoms with Crippen molar-refractivity contribution in [1.82, 2.24) is 5.32 Å². The van der Waals surface area contributed by atoms with Crippen molar-refractivity contribution in [3.05, 3.63) is 28.8 Å². The van der Waals surface area contributed by atoms with Crippen molar-refractivity contribution >= 4 is 19.0 Å². The van der Waals surface area contributed by atoms with Gasteiger partial charge in [0.15, 0.2) is 11.6 Å². The Kier molecular flexibility index (Phi) is 4.65. The average molecular weight is 313 g/mol. The van der Waals surface area contributed by atoms with Crippen LogP contribution in [-0.2, 0) is 16.0 Å². The molecular weight excluding hydrogens is 299 g/mol. The first kappa shape index (κ1) is 16.2. The Bertz CT molecular complexity index is 625. The fourth-order valence-corrected chi connectivity index (χ4v) is 2.26. The summed E-state index contributed by atoms with van der Waals surface area (Å²) >= 11 is 0. The average Bonchev–Trinajstić information content (AvgIpc) is 2.42. The lowest BCUT2D eigenvalue weighted by molar-refractivity contribution is -0.119. The number of nitrogens with one attached hydrogen (secondary N) is 1. The summed E-state index contributed by atoms with van der Waals surface area (Å²) in [4.78, 5) is 22.9. The van der Waals surface area contributed by atoms with Crippen molar-refractivity contribution < 1.29 is 32.8 Å². The number of ether oxygens (including phenoxy) is 1. The summed E-state index contributed by atoms with van der Waals surface area (Å²) in [6.07, 6.45) is -0.0142. The van der Waals surface area contributed by atoms with Crippen LogP contribution in [-0.4, -0.2) is 36.6 Å². The topological polar surface area (TPSA) is 84.9 Å². The number of carbonyl (C=O) groups excluding carboxylic acids is 2. The lowest BCUT2D eigenvalue weighted by Crippen LogP contribution is -2.52. The molecule has 1 unspecified atom stereocenters. The van der Waals surface area contributed by atoms with E-state index in [0.717, 1.165) is 6.07 Å². The van der Waals surface area contributed by atoms with E-state index in [9.17, 15) is 23.4 Å². The number of carbonyl (C=O) groups is 2. The Hall–Kier alpha value is -2.16. The second-order valence-corrected chi connectivity index (χ2v) is 4.78. The van der Waals surface area contributed by atoms with E-state index in [0.29, 0.717) is 0 Å². The molecule has 9 heteroatoms. The number of benzene rings is 1. The maximum atomic E-state index is 13.9. The molecule has 22 heavy (non-hydrogen) atoms. The van der Waals surface area contributed by atoms with Crippen molar-refractivity contribution in [2.45, 2.75) is 26.2 Å². The molecule has 1 heterocycles. The number of hydrogen-bond donors (Lipinski definition) is 2. The van der Waals surface area contributed by atoms with E-state index >= 15 is 0 Å². The molecular formula is C13H14BF2NO5. The first-order valence-electron chi connectivity index (χ1n) is 6.65. The van der Waals surface area contributed by atoms with Crippen LogP contribution in [0, 0.1) is 11.6 Å². The molecule has 0 fully saturated rings. The van der Waals surface area contributed by atoms with E-state index in [-0.39, 0.29) is 24.3 Å². The smallest absolute Gasteiger partial charge is 0.534 e. The summed E-state index contributed by atoms with van der Waals surface area (Å²) in [6, 6.07) is 0.869. The highest BCUT2D eigenvalue weighted by molar-refractivity contribution is 6.47. The molecule has 2 N–H and O–H groups in total. The molecule has 1 amide bonds. The Balaban J connectivity index is 2.46. The van der Waals surface area contributed by atoms with E-state index < -0.39 is 42.1 Å². The minimum Gasteiger partial charge on any atom is -0.534 e. The van der Waals surface area contributed by atoms with Gasteiger partial charge in [0.25, 0.3) is 0 Å². The summed E-state index contributed by atoms with van der Waals surface area (Å²) < 4.78 is 37.3. The highest BCUT2D eigenvalue weighted by Crippen LogP contribution is 2.34. The van der Waals surface area contributed by atoms with Gasteiger partial charge in [-0.05, 0) is 25.0 Å². The molecule has 0 aromatic heterocycles. The van der Waals surface area contributed by atoms with Gasteiger partial charge in [0.05, 0.1) is 12.5 Å². The summed E-state index contributed by atoms with van der Waals surface area (Å²) in [7, 11) is -1.49. The maximum absolute atomic E-state index is 13.9. The van der Waals surface area contributed by atoms with E-state index in [1.54, 1.807) is 0 Å². The molecule has 1 aromatic rings. The van der Waals surface area contributed by atoms with Gasteiger partial charge in [0, 0.05) is 6.92 Å². The van der Waals surface area contributed by atoms with Crippen LogP contribution in [0.2, 0.25) is 0 Å². The van der Waals surface area contributed by atoms with Gasteiger partial charge in [-0.2, -0.15) is 0 Å². The molecule has 0 aliphatic carbocycles. The lowest BCUT2D eigenvalue weighted by Gasteiger charge is -2.29. The van der Waals surface area contributed by atoms with Gasteiger partial charge in [0.2, 0.25) is 5.91 Å². The third-order valence-electron chi connectivity index (χ3n) is 3.14. The van der Waals surface area contributed by atoms with Gasteiger partial charge in [-0.25, -0.2) is 13.6 Å². The molecule has 0 radical (unpaired) electrons. The second-order valence-electron chi connectivity index (χ2n) is 4.78. The van der Waals surface area contributed by atoms with Crippen molar-refractivity contribution in [2.75, 3.05) is 6.61 Å². The first-order chi connectivity index (χ1) is 10.3. The van der Waals surface area contributed by atoms with E-state index in [1.165, 1.54) is 13.8 Å². The van der Waals surface area contributed by atoms with Crippen LogP contribution in [0.15, 0.2) is 6.07 Å². The highest BCUT2D eigenvalue weighted by atomic mass is 19.2. The summed E-state index contributed by atoms with van der Waals surface area (Å²) in [5, 5.41) is 12.3. The van der Waals surface area contributed by atoms with Gasteiger partial charge in [-0.1, -0.05) is 0 Å². The molecule has 1 aliphatic rings. The van der Waals surface area contributed by atoms with Gasteiger partial charge >= 0.3 is 13.1 Å². The molecule has 6 nitrogen and oxygen atoms in total. The number of halogens is 2. The number of esters is 1. The molecule has 0 saturated carbocycles. The zero-order chi connectivity index (χ0) is 16.4. The predicted octanol–water partition coefficient (Wildman–Crippen LogP) is 0.601. The summed E-state index contributed by atoms with van der Waals surface area (Å²) in [5.74, 6) is -5.23. The van der Waals surface area contributed by atoms with E-state index in [4.69, 9.17) is 4.65 Å². The van der Waals surface area contributed by atoms with E-state index in [2.05, 4.69) is 10.1 Å². The zero-order valence-electron chi connectivity index (χ0n) is 12.0. The lowest BCUT2D eigenvalue weighted by atomic mass is 9.72. The van der Waals surface area contributed by atoms with Crippen LogP contribution in [0.3, 0.4) is 0 Å². The van der Waals surface area contributed by atoms with Crippen LogP contribution in [0.5, 0.6) is 5.75 Å². The monoisotopic (exact) mass is 313 g/mol. The summed E-state index contributed by atoms with van der Waals surface area (Å²) in [5.41, 5.74) is -0.539. The van der Waals surface area contributed by atoms with Crippen molar-refractivity contribution in [1.29, 1.82) is 0 Å². The minimum absolute atomic E-state index is 0.0142. The quantitative estimate of drug-likeness (QED) is 0.630. The number of rotatable bonds is 3. The Morgan fingerprint density at radius 1 is 1.55 bits per heavy atom. The Labute approximate surface area is 125 Å². The minimum atomic E-state index is -1.49. The normalized spacial score (nSPS) is 16.6. The molecule has 1 aromatic carbocycles. The van der Waals surface area contributed by atoms with Crippen molar-refractivity contribution in [2.24, 2.45) is 0 Å². The maximum Gasteiger partial charge on any atom is 0.547 e. The third-order valence-corrected chi connectivity index (χ3v) is 3.14. The molecule has 0 spiro atoms. The molecule has 118 valence electrons. The Morgan fingerprint density at radius 2 is 2.23 bits per heavy atom. The van der Waals surface area contributed by atoms with Crippen LogP contribution >= 0.6 is 0 Å². The van der Waals surface area contributed by atoms with Gasteiger partial charge in [-0.3, -0.25) is 4.79 Å². The molecule has 0 saturated heterocycles. The number of amides is 1. The SMILES string of the molecule is CCOC(=O)c1c(F)c(F)cc2c1OB(O)C(NC(C)=O)C2. The summed E-state index contributed by atoms with van der Waals surface area (Å²) in [6.45, 7) is 2.74. The Morgan fingerprint density at radius 3 is 2.82 bits per heavy atom. The first-order valence-corrected chi connectivity index (χ1v) is 6.65. The standard InChI is InChI=1S/C13H14BF2NO5/c1-3-21-13(19)10-11(16)8(15)4-7-5-9(17-6(2)18)14(20)22-12(7)10/h4,9,20H,3,5H2,1-2H3,(H,17,18). The number of fused-ring (bicyclic) bond motifs is 1. The predicted molar refractivity (Wildman–Crippen MR) is 72.2 cm³/mol. The van der Waals surface area contributed by atoms with Crippen molar-refractivity contribution in [3.8, 4) is 5.75 Å². The second kappa shape index (κ2) is 6.31. The van der Waals surface area contributed by atoms with Crippen LogP contribution < -0.4 is 9.97 Å². The largest absolute Gasteiger partial charge is 0.547 e. The fourth-order valence-electron chi connectivity index (χ4n) is 2.26. The van der Waals surface area contributed by atoms with Crippen LogP contribution in [0.25, 0.3) is 0 Å². The highest BCUT2D eigenvalue weighted by Gasteiger charge is 2.39.